The molecule has 0 atom stereocenters. The Bertz CT molecular complexity index is 250. The van der Waals surface area contributed by atoms with Crippen molar-refractivity contribution in [2.24, 2.45) is 0 Å². The van der Waals surface area contributed by atoms with Crippen LogP contribution >= 0.6 is 0 Å². The van der Waals surface area contributed by atoms with Gasteiger partial charge in [0.2, 0.25) is 0 Å². The van der Waals surface area contributed by atoms with Crippen molar-refractivity contribution in [2.45, 2.75) is 46.5 Å². The van der Waals surface area contributed by atoms with E-state index in [1.165, 1.54) is 5.56 Å². The highest BCUT2D eigenvalue weighted by atomic mass is 16.5. The van der Waals surface area contributed by atoms with Gasteiger partial charge in [0, 0.05) is 11.5 Å². The normalized spacial score (nSPS) is 11.1. The highest BCUT2D eigenvalue weighted by molar-refractivity contribution is 5.24. The summed E-state index contributed by atoms with van der Waals surface area (Å²) in [6.45, 7) is 8.54. The van der Waals surface area contributed by atoms with E-state index in [0.717, 1.165) is 24.3 Å². The van der Waals surface area contributed by atoms with Gasteiger partial charge in [-0.25, -0.2) is 0 Å². The smallest absolute Gasteiger partial charge is 0.142 e. The van der Waals surface area contributed by atoms with Crippen LogP contribution in [0.3, 0.4) is 0 Å². The molecular formula is C10H17NO. The van der Waals surface area contributed by atoms with Gasteiger partial charge in [-0.2, -0.15) is 0 Å². The first-order valence-corrected chi connectivity index (χ1v) is 4.68. The molecule has 68 valence electrons. The van der Waals surface area contributed by atoms with Crippen molar-refractivity contribution in [3.63, 3.8) is 0 Å². The predicted octanol–water partition coefficient (Wildman–Crippen LogP) is 2.92. The van der Waals surface area contributed by atoms with E-state index in [9.17, 15) is 0 Å². The van der Waals surface area contributed by atoms with Gasteiger partial charge < -0.3 is 4.52 Å². The van der Waals surface area contributed by atoms with E-state index in [2.05, 4.69) is 32.9 Å². The molecular weight excluding hydrogens is 150 g/mol. The van der Waals surface area contributed by atoms with Crippen LogP contribution in [-0.4, -0.2) is 5.16 Å². The maximum absolute atomic E-state index is 5.29. The quantitative estimate of drug-likeness (QED) is 0.691. The Morgan fingerprint density at radius 2 is 1.92 bits per heavy atom. The fraction of sp³-hybridized carbons (Fsp3) is 0.700. The van der Waals surface area contributed by atoms with Crippen molar-refractivity contribution in [3.05, 3.63) is 17.0 Å². The fourth-order valence-electron chi connectivity index (χ4n) is 1.47. The van der Waals surface area contributed by atoms with Gasteiger partial charge in [0.05, 0.1) is 5.69 Å². The van der Waals surface area contributed by atoms with Crippen molar-refractivity contribution >= 4 is 0 Å². The summed E-state index contributed by atoms with van der Waals surface area (Å²) in [6, 6.07) is 0. The maximum Gasteiger partial charge on any atom is 0.142 e. The lowest BCUT2D eigenvalue weighted by molar-refractivity contribution is 0.365. The molecule has 0 aliphatic carbocycles. The second kappa shape index (κ2) is 3.74. The molecule has 0 saturated carbocycles. The Balaban J connectivity index is 3.05. The lowest BCUT2D eigenvalue weighted by Gasteiger charge is -2.01. The number of hydrogen-bond donors (Lipinski definition) is 0. The van der Waals surface area contributed by atoms with Crippen LogP contribution in [0.2, 0.25) is 0 Å². The van der Waals surface area contributed by atoms with E-state index in [1.54, 1.807) is 0 Å². The highest BCUT2D eigenvalue weighted by Crippen LogP contribution is 2.23. The van der Waals surface area contributed by atoms with Crippen LogP contribution in [0.5, 0.6) is 0 Å². The zero-order valence-corrected chi connectivity index (χ0v) is 8.35. The van der Waals surface area contributed by atoms with Crippen LogP contribution in [0.4, 0.5) is 0 Å². The molecule has 0 aliphatic heterocycles. The summed E-state index contributed by atoms with van der Waals surface area (Å²) in [7, 11) is 0. The van der Waals surface area contributed by atoms with E-state index >= 15 is 0 Å². The lowest BCUT2D eigenvalue weighted by Crippen LogP contribution is -1.93. The van der Waals surface area contributed by atoms with Crippen molar-refractivity contribution in [1.82, 2.24) is 5.16 Å². The number of aromatic nitrogens is 1. The zero-order chi connectivity index (χ0) is 9.14. The first kappa shape index (κ1) is 9.30. The van der Waals surface area contributed by atoms with Crippen LogP contribution in [-0.2, 0) is 12.8 Å². The van der Waals surface area contributed by atoms with Gasteiger partial charge in [0.15, 0.2) is 0 Å². The number of hydrogen-bond acceptors (Lipinski definition) is 2. The van der Waals surface area contributed by atoms with Gasteiger partial charge in [0.25, 0.3) is 0 Å². The van der Waals surface area contributed by atoms with Gasteiger partial charge in [0.1, 0.15) is 5.76 Å². The third-order valence-electron chi connectivity index (χ3n) is 2.11. The van der Waals surface area contributed by atoms with Gasteiger partial charge in [-0.1, -0.05) is 32.9 Å². The number of aryl methyl sites for hydroxylation is 1. The molecule has 2 heteroatoms. The van der Waals surface area contributed by atoms with Crippen molar-refractivity contribution in [1.29, 1.82) is 0 Å². The SMILES string of the molecule is CCc1noc(C(C)C)c1CC. The second-order valence-corrected chi connectivity index (χ2v) is 3.33. The summed E-state index contributed by atoms with van der Waals surface area (Å²) >= 11 is 0. The Hall–Kier alpha value is -0.790. The molecule has 0 bridgehead atoms. The summed E-state index contributed by atoms with van der Waals surface area (Å²) in [5, 5.41) is 4.05. The first-order valence-electron chi connectivity index (χ1n) is 4.68. The van der Waals surface area contributed by atoms with Gasteiger partial charge in [-0.3, -0.25) is 0 Å². The van der Waals surface area contributed by atoms with Gasteiger partial charge in [-0.15, -0.1) is 0 Å². The van der Waals surface area contributed by atoms with Gasteiger partial charge in [-0.05, 0) is 12.8 Å². The number of nitrogens with zero attached hydrogens (tertiary/aromatic N) is 1. The molecule has 0 amide bonds. The Morgan fingerprint density at radius 1 is 1.25 bits per heavy atom. The molecule has 1 heterocycles. The average molecular weight is 167 g/mol. The van der Waals surface area contributed by atoms with Crippen molar-refractivity contribution < 1.29 is 4.52 Å². The van der Waals surface area contributed by atoms with E-state index < -0.39 is 0 Å². The molecule has 1 rings (SSSR count). The fourth-order valence-corrected chi connectivity index (χ4v) is 1.47. The van der Waals surface area contributed by atoms with Gasteiger partial charge >= 0.3 is 0 Å². The standard InChI is InChI=1S/C10H17NO/c1-5-8-9(6-2)11-12-10(8)7(3)4/h7H,5-6H2,1-4H3. The Morgan fingerprint density at radius 3 is 2.33 bits per heavy atom. The van der Waals surface area contributed by atoms with Crippen molar-refractivity contribution in [2.75, 3.05) is 0 Å². The lowest BCUT2D eigenvalue weighted by atomic mass is 10.0. The molecule has 0 spiro atoms. The third kappa shape index (κ3) is 1.52. The molecule has 0 fully saturated rings. The molecule has 1 aromatic rings. The number of rotatable bonds is 3. The zero-order valence-electron chi connectivity index (χ0n) is 8.35. The van der Waals surface area contributed by atoms with E-state index in [1.807, 2.05) is 0 Å². The molecule has 0 unspecified atom stereocenters. The summed E-state index contributed by atoms with van der Waals surface area (Å²) < 4.78 is 5.29. The first-order chi connectivity index (χ1) is 5.70. The maximum atomic E-state index is 5.29. The van der Waals surface area contributed by atoms with E-state index in [4.69, 9.17) is 4.52 Å². The summed E-state index contributed by atoms with van der Waals surface area (Å²) in [5.41, 5.74) is 2.44. The topological polar surface area (TPSA) is 26.0 Å². The largest absolute Gasteiger partial charge is 0.361 e. The summed E-state index contributed by atoms with van der Waals surface area (Å²) in [5.74, 6) is 1.52. The van der Waals surface area contributed by atoms with Crippen LogP contribution < -0.4 is 0 Å². The predicted molar refractivity (Wildman–Crippen MR) is 49.3 cm³/mol. The minimum absolute atomic E-state index is 0.452. The Labute approximate surface area is 74.0 Å². The highest BCUT2D eigenvalue weighted by Gasteiger charge is 2.15. The molecule has 0 N–H and O–H groups in total. The third-order valence-corrected chi connectivity index (χ3v) is 2.11. The molecule has 12 heavy (non-hydrogen) atoms. The Kier molecular flexibility index (Phi) is 2.90. The van der Waals surface area contributed by atoms with Crippen LogP contribution in [0, 0.1) is 0 Å². The molecule has 0 aliphatic rings. The van der Waals surface area contributed by atoms with Crippen LogP contribution in [0.15, 0.2) is 4.52 Å². The molecule has 1 aromatic heterocycles. The monoisotopic (exact) mass is 167 g/mol. The minimum atomic E-state index is 0.452. The van der Waals surface area contributed by atoms with Crippen LogP contribution in [0.1, 0.15) is 50.6 Å². The molecule has 0 radical (unpaired) electrons. The molecule has 0 aromatic carbocycles. The van der Waals surface area contributed by atoms with Crippen LogP contribution in [0.25, 0.3) is 0 Å². The molecule has 2 nitrogen and oxygen atoms in total. The summed E-state index contributed by atoms with van der Waals surface area (Å²) in [4.78, 5) is 0. The summed E-state index contributed by atoms with van der Waals surface area (Å²) in [6.07, 6.45) is 2.00. The van der Waals surface area contributed by atoms with Crippen molar-refractivity contribution in [3.8, 4) is 0 Å². The molecule has 0 saturated heterocycles. The van der Waals surface area contributed by atoms with E-state index in [0.29, 0.717) is 5.92 Å². The average Bonchev–Trinajstić information content (AvgIpc) is 2.46. The second-order valence-electron chi connectivity index (χ2n) is 3.33. The minimum Gasteiger partial charge on any atom is -0.361 e. The van der Waals surface area contributed by atoms with E-state index in [-0.39, 0.29) is 0 Å².